The van der Waals surface area contributed by atoms with Crippen molar-refractivity contribution >= 4 is 17.9 Å². The summed E-state index contributed by atoms with van der Waals surface area (Å²) in [5, 5.41) is 0. The number of aldehydes is 1. The van der Waals surface area contributed by atoms with Crippen molar-refractivity contribution in [3.8, 4) is 0 Å². The Hall–Kier alpha value is -2.43. The van der Waals surface area contributed by atoms with Crippen molar-refractivity contribution in [2.24, 2.45) is 16.6 Å². The molecule has 0 atom stereocenters. The average Bonchev–Trinajstić information content (AvgIpc) is 2.84. The van der Waals surface area contributed by atoms with Crippen molar-refractivity contribution in [3.63, 3.8) is 0 Å². The predicted octanol–water partition coefficient (Wildman–Crippen LogP) is 6.34. The molecule has 5 nitrogen and oxygen atoms in total. The molecule has 1 aromatic rings. The summed E-state index contributed by atoms with van der Waals surface area (Å²) >= 11 is 0. The Morgan fingerprint density at radius 3 is 2.18 bits per heavy atom. The summed E-state index contributed by atoms with van der Waals surface area (Å²) in [6.07, 6.45) is 6.28. The Morgan fingerprint density at radius 1 is 1.09 bits per heavy atom. The average molecular weight is 472 g/mol. The molecule has 0 spiro atoms. The van der Waals surface area contributed by atoms with Crippen molar-refractivity contribution < 1.29 is 9.59 Å². The van der Waals surface area contributed by atoms with Crippen LogP contribution in [0.2, 0.25) is 0 Å². The minimum absolute atomic E-state index is 0.0644. The highest BCUT2D eigenvalue weighted by Gasteiger charge is 2.18. The number of nitrogens with two attached hydrogens (primary N) is 1. The van der Waals surface area contributed by atoms with E-state index in [0.717, 1.165) is 62.9 Å². The highest BCUT2D eigenvalue weighted by molar-refractivity contribution is 6.05. The van der Waals surface area contributed by atoms with Gasteiger partial charge in [0.05, 0.1) is 5.70 Å². The standard InChI is InChI=1S/C18H31N3O2.C9H12.C2H6/c1-4-10-21(11-9-14(2)3)18(23)12-20-17-8-6-5-7-15(17)16(19)13-22;1-7-5-4-6-8(2)9(7)3;1-2/h13-14H,4-12,19H2,1-3H3;4-6H,1-3H3;1-2H3/b16-15-,20-17?;;. The first-order valence-electron chi connectivity index (χ1n) is 13.0. The Bertz CT molecular complexity index is 789. The normalized spacial score (nSPS) is 15.6. The molecule has 0 bridgehead atoms. The maximum atomic E-state index is 12.4. The van der Waals surface area contributed by atoms with Crippen LogP contribution in [0, 0.1) is 26.7 Å². The van der Waals surface area contributed by atoms with Crippen molar-refractivity contribution in [1.82, 2.24) is 4.90 Å². The zero-order valence-corrected chi connectivity index (χ0v) is 23.0. The molecule has 5 heteroatoms. The lowest BCUT2D eigenvalue weighted by Crippen LogP contribution is -2.35. The number of rotatable bonds is 8. The van der Waals surface area contributed by atoms with Gasteiger partial charge in [0.2, 0.25) is 5.91 Å². The lowest BCUT2D eigenvalue weighted by atomic mass is 9.91. The Kier molecular flexibility index (Phi) is 16.7. The number of allylic oxidation sites excluding steroid dienone is 2. The van der Waals surface area contributed by atoms with Crippen LogP contribution in [0.5, 0.6) is 0 Å². The molecule has 0 heterocycles. The maximum absolute atomic E-state index is 12.4. The molecule has 1 fully saturated rings. The molecule has 0 aromatic heterocycles. The molecule has 34 heavy (non-hydrogen) atoms. The van der Waals surface area contributed by atoms with Crippen molar-refractivity contribution in [2.45, 2.75) is 93.9 Å². The fourth-order valence-electron chi connectivity index (χ4n) is 3.65. The van der Waals surface area contributed by atoms with Gasteiger partial charge in [-0.1, -0.05) is 52.8 Å². The van der Waals surface area contributed by atoms with Gasteiger partial charge in [0.1, 0.15) is 6.54 Å². The molecule has 1 amide bonds. The van der Waals surface area contributed by atoms with Crippen LogP contribution in [0.1, 0.15) is 89.8 Å². The van der Waals surface area contributed by atoms with Crippen LogP contribution < -0.4 is 5.73 Å². The molecule has 192 valence electrons. The van der Waals surface area contributed by atoms with Gasteiger partial charge in [0.15, 0.2) is 6.29 Å². The number of aliphatic imine (C=N–C) groups is 1. The summed E-state index contributed by atoms with van der Waals surface area (Å²) in [7, 11) is 0. The van der Waals surface area contributed by atoms with Crippen LogP contribution in [-0.4, -0.2) is 42.4 Å². The second kappa shape index (κ2) is 18.0. The van der Waals surface area contributed by atoms with Gasteiger partial charge in [-0.15, -0.1) is 0 Å². The fourth-order valence-corrected chi connectivity index (χ4v) is 3.65. The summed E-state index contributed by atoms with van der Waals surface area (Å²) in [5.74, 6) is 0.642. The molecule has 2 rings (SSSR count). The monoisotopic (exact) mass is 471 g/mol. The largest absolute Gasteiger partial charge is 0.396 e. The number of hydrogen-bond donors (Lipinski definition) is 1. The second-order valence-electron chi connectivity index (χ2n) is 9.10. The summed E-state index contributed by atoms with van der Waals surface area (Å²) in [5.41, 5.74) is 11.9. The number of hydrogen-bond acceptors (Lipinski definition) is 4. The smallest absolute Gasteiger partial charge is 0.244 e. The third-order valence-electron chi connectivity index (χ3n) is 6.02. The predicted molar refractivity (Wildman–Crippen MR) is 146 cm³/mol. The second-order valence-corrected chi connectivity index (χ2v) is 9.10. The molecule has 1 aliphatic rings. The van der Waals surface area contributed by atoms with E-state index in [1.165, 1.54) is 16.7 Å². The zero-order chi connectivity index (χ0) is 26.1. The van der Waals surface area contributed by atoms with Gasteiger partial charge in [0.25, 0.3) is 0 Å². The zero-order valence-electron chi connectivity index (χ0n) is 23.0. The lowest BCUT2D eigenvalue weighted by molar-refractivity contribution is -0.129. The van der Waals surface area contributed by atoms with E-state index in [0.29, 0.717) is 12.2 Å². The van der Waals surface area contributed by atoms with Gasteiger partial charge in [-0.2, -0.15) is 0 Å². The Labute approximate surface area is 208 Å². The lowest BCUT2D eigenvalue weighted by Gasteiger charge is -2.23. The Balaban J connectivity index is 0.000000819. The first-order chi connectivity index (χ1) is 16.2. The van der Waals surface area contributed by atoms with Crippen molar-refractivity contribution in [1.29, 1.82) is 0 Å². The van der Waals surface area contributed by atoms with Crippen LogP contribution >= 0.6 is 0 Å². The van der Waals surface area contributed by atoms with Crippen LogP contribution in [-0.2, 0) is 9.59 Å². The van der Waals surface area contributed by atoms with Gasteiger partial charge in [-0.05, 0) is 87.5 Å². The van der Waals surface area contributed by atoms with Crippen molar-refractivity contribution in [2.75, 3.05) is 19.6 Å². The number of aryl methyl sites for hydroxylation is 2. The maximum Gasteiger partial charge on any atom is 0.244 e. The van der Waals surface area contributed by atoms with E-state index in [-0.39, 0.29) is 18.1 Å². The third kappa shape index (κ3) is 11.6. The molecule has 0 aliphatic heterocycles. The van der Waals surface area contributed by atoms with Crippen molar-refractivity contribution in [3.05, 3.63) is 46.2 Å². The Morgan fingerprint density at radius 2 is 1.68 bits per heavy atom. The van der Waals surface area contributed by atoms with Crippen LogP contribution in [0.25, 0.3) is 0 Å². The number of benzene rings is 1. The fraction of sp³-hybridized carbons (Fsp3) is 0.621. The number of nitrogens with zero attached hydrogens (tertiary/aromatic N) is 2. The number of carbonyl (C=O) groups is 2. The van der Waals surface area contributed by atoms with Gasteiger partial charge < -0.3 is 10.6 Å². The molecular weight excluding hydrogens is 422 g/mol. The summed E-state index contributed by atoms with van der Waals surface area (Å²) < 4.78 is 0. The molecule has 1 aromatic carbocycles. The van der Waals surface area contributed by atoms with Gasteiger partial charge >= 0.3 is 0 Å². The molecular formula is C29H49N3O2. The molecule has 1 saturated carbocycles. The van der Waals surface area contributed by atoms with E-state index in [4.69, 9.17) is 5.73 Å². The van der Waals surface area contributed by atoms with E-state index < -0.39 is 0 Å². The highest BCUT2D eigenvalue weighted by atomic mass is 16.2. The van der Waals surface area contributed by atoms with E-state index in [1.54, 1.807) is 0 Å². The number of amides is 1. The van der Waals surface area contributed by atoms with Crippen LogP contribution in [0.4, 0.5) is 0 Å². The SMILES string of the molecule is CC.CCCN(CCC(C)C)C(=O)CN=C1CCCC/C1=C(/N)C=O.Cc1cccc(C)c1C. The molecule has 1 aliphatic carbocycles. The van der Waals surface area contributed by atoms with Gasteiger partial charge in [-0.25, -0.2) is 0 Å². The first-order valence-corrected chi connectivity index (χ1v) is 13.0. The molecule has 0 radical (unpaired) electrons. The first kappa shape index (κ1) is 31.6. The van der Waals surface area contributed by atoms with E-state index in [1.807, 2.05) is 18.7 Å². The molecule has 2 N–H and O–H groups in total. The number of carbonyl (C=O) groups excluding carboxylic acids is 2. The summed E-state index contributed by atoms with van der Waals surface area (Å²) in [6.45, 7) is 18.6. The summed E-state index contributed by atoms with van der Waals surface area (Å²) in [6, 6.07) is 6.38. The quantitative estimate of drug-likeness (QED) is 0.355. The summed E-state index contributed by atoms with van der Waals surface area (Å²) in [4.78, 5) is 29.7. The van der Waals surface area contributed by atoms with Crippen LogP contribution in [0.15, 0.2) is 34.5 Å². The van der Waals surface area contributed by atoms with Gasteiger partial charge in [-0.3, -0.25) is 14.6 Å². The van der Waals surface area contributed by atoms with Gasteiger partial charge in [0, 0.05) is 18.8 Å². The molecule has 0 unspecified atom stereocenters. The minimum Gasteiger partial charge on any atom is -0.396 e. The third-order valence-corrected chi connectivity index (χ3v) is 6.02. The van der Waals surface area contributed by atoms with E-state index >= 15 is 0 Å². The van der Waals surface area contributed by atoms with Crippen LogP contribution in [0.3, 0.4) is 0 Å². The minimum atomic E-state index is 0.0644. The molecule has 0 saturated heterocycles. The van der Waals surface area contributed by atoms with E-state index in [2.05, 4.69) is 64.7 Å². The topological polar surface area (TPSA) is 75.8 Å². The highest BCUT2D eigenvalue weighted by Crippen LogP contribution is 2.22. The van der Waals surface area contributed by atoms with E-state index in [9.17, 15) is 9.59 Å².